The first-order valence-electron chi connectivity index (χ1n) is 6.10. The minimum atomic E-state index is 0. The van der Waals surface area contributed by atoms with Crippen molar-refractivity contribution in [1.82, 2.24) is 0 Å². The predicted octanol–water partition coefficient (Wildman–Crippen LogP) is 4.40. The van der Waals surface area contributed by atoms with Crippen molar-refractivity contribution < 1.29 is 26.2 Å². The van der Waals surface area contributed by atoms with Crippen molar-refractivity contribution in [1.29, 1.82) is 0 Å². The molecule has 0 N–H and O–H groups in total. The Morgan fingerprint density at radius 2 is 1.67 bits per heavy atom. The van der Waals surface area contributed by atoms with Gasteiger partial charge in [-0.25, -0.2) is 0 Å². The molecule has 3 rings (SSSR count). The number of hydrogen-bond donors (Lipinski definition) is 0. The molecule has 0 spiro atoms. The van der Waals surface area contributed by atoms with Crippen LogP contribution in [0.1, 0.15) is 27.8 Å². The summed E-state index contributed by atoms with van der Waals surface area (Å²) in [5.41, 5.74) is 8.45. The van der Waals surface area contributed by atoms with Crippen LogP contribution in [0.4, 0.5) is 0 Å². The van der Waals surface area contributed by atoms with Gasteiger partial charge in [-0.05, 0) is 48.1 Å². The van der Waals surface area contributed by atoms with E-state index >= 15 is 0 Å². The number of hydrogen-bond acceptors (Lipinski definition) is 0. The number of benzene rings is 2. The zero-order valence-electron chi connectivity index (χ0n) is 10.8. The smallest absolute Gasteiger partial charge is 0 e. The molecule has 0 amide bonds. The zero-order valence-corrected chi connectivity index (χ0v) is 13.3. The molecule has 1 aliphatic carbocycles. The van der Waals surface area contributed by atoms with Gasteiger partial charge in [-0.3, -0.25) is 0 Å². The largest absolute Gasteiger partial charge is 0.0622 e. The van der Waals surface area contributed by atoms with Gasteiger partial charge in [-0.1, -0.05) is 54.1 Å². The summed E-state index contributed by atoms with van der Waals surface area (Å²) in [7, 11) is 0. The van der Waals surface area contributed by atoms with Crippen LogP contribution in [0, 0.1) is 13.8 Å². The second kappa shape index (κ2) is 5.37. The second-order valence-corrected chi connectivity index (χ2v) is 4.87. The fraction of sp³-hybridized carbons (Fsp3) is 0.176. The van der Waals surface area contributed by atoms with Gasteiger partial charge >= 0.3 is 0 Å². The summed E-state index contributed by atoms with van der Waals surface area (Å²) in [6.07, 6.45) is 3.42. The van der Waals surface area contributed by atoms with Crippen molar-refractivity contribution in [2.24, 2.45) is 0 Å². The molecule has 0 bridgehead atoms. The molecule has 0 saturated heterocycles. The zero-order chi connectivity index (χ0) is 11.8. The Balaban J connectivity index is 0.00000120. The van der Waals surface area contributed by atoms with Gasteiger partial charge in [0.05, 0.1) is 0 Å². The van der Waals surface area contributed by atoms with E-state index in [1.165, 1.54) is 33.4 Å². The quantitative estimate of drug-likeness (QED) is 0.732. The van der Waals surface area contributed by atoms with E-state index in [4.69, 9.17) is 0 Å². The van der Waals surface area contributed by atoms with Gasteiger partial charge in [-0.2, -0.15) is 0 Å². The standard InChI is InChI=1S/C17H16.Zr/c1-12-8-13(2)17-11-15(10-16(17)9-12)14-6-4-3-5-7-14;/h3-9,11H,10H2,1-2H3;. The Kier molecular flexibility index (Phi) is 4.02. The summed E-state index contributed by atoms with van der Waals surface area (Å²) in [5.74, 6) is 0. The molecule has 0 nitrogen and oxygen atoms in total. The molecule has 88 valence electrons. The van der Waals surface area contributed by atoms with Crippen LogP contribution in [-0.4, -0.2) is 0 Å². The van der Waals surface area contributed by atoms with E-state index in [0.29, 0.717) is 0 Å². The summed E-state index contributed by atoms with van der Waals surface area (Å²) in [5, 5.41) is 0. The first-order valence-corrected chi connectivity index (χ1v) is 6.10. The van der Waals surface area contributed by atoms with E-state index in [1.807, 2.05) is 0 Å². The van der Waals surface area contributed by atoms with Crippen molar-refractivity contribution >= 4 is 11.6 Å². The van der Waals surface area contributed by atoms with E-state index < -0.39 is 0 Å². The molecular formula is C17H16Zr. The maximum atomic E-state index is 2.35. The molecule has 2 aromatic carbocycles. The first kappa shape index (κ1) is 13.5. The third-order valence-corrected chi connectivity index (χ3v) is 3.46. The molecule has 0 unspecified atom stereocenters. The molecule has 2 aromatic rings. The predicted molar refractivity (Wildman–Crippen MR) is 73.9 cm³/mol. The summed E-state index contributed by atoms with van der Waals surface area (Å²) in [4.78, 5) is 0. The molecule has 0 heterocycles. The maximum absolute atomic E-state index is 2.35. The van der Waals surface area contributed by atoms with E-state index in [9.17, 15) is 0 Å². The Labute approximate surface area is 128 Å². The van der Waals surface area contributed by atoms with Crippen LogP contribution in [0.15, 0.2) is 42.5 Å². The third-order valence-electron chi connectivity index (χ3n) is 3.46. The fourth-order valence-corrected chi connectivity index (χ4v) is 2.69. The minimum Gasteiger partial charge on any atom is -0.0622 e. The van der Waals surface area contributed by atoms with Crippen LogP contribution >= 0.6 is 0 Å². The Morgan fingerprint density at radius 1 is 0.944 bits per heavy atom. The van der Waals surface area contributed by atoms with Crippen LogP contribution in [-0.2, 0) is 32.6 Å². The number of rotatable bonds is 1. The summed E-state index contributed by atoms with van der Waals surface area (Å²) >= 11 is 0. The molecule has 0 saturated carbocycles. The average Bonchev–Trinajstić information content (AvgIpc) is 2.74. The van der Waals surface area contributed by atoms with Gasteiger partial charge in [-0.15, -0.1) is 0 Å². The molecule has 0 aliphatic heterocycles. The number of aryl methyl sites for hydroxylation is 2. The van der Waals surface area contributed by atoms with Crippen molar-refractivity contribution in [3.8, 4) is 0 Å². The Bertz CT molecular complexity index is 595. The van der Waals surface area contributed by atoms with E-state index in [1.54, 1.807) is 0 Å². The third kappa shape index (κ3) is 2.42. The van der Waals surface area contributed by atoms with Gasteiger partial charge in [0.2, 0.25) is 0 Å². The monoisotopic (exact) mass is 310 g/mol. The summed E-state index contributed by atoms with van der Waals surface area (Å²) in [6.45, 7) is 4.38. The van der Waals surface area contributed by atoms with Crippen LogP contribution in [0.3, 0.4) is 0 Å². The molecule has 0 fully saturated rings. The second-order valence-electron chi connectivity index (χ2n) is 4.87. The minimum absolute atomic E-state index is 0. The molecule has 1 heteroatoms. The first-order chi connectivity index (χ1) is 8.24. The molecule has 0 aromatic heterocycles. The van der Waals surface area contributed by atoms with Crippen molar-refractivity contribution in [3.63, 3.8) is 0 Å². The Hall–Kier alpha value is -0.937. The van der Waals surface area contributed by atoms with Crippen molar-refractivity contribution in [3.05, 3.63) is 70.3 Å². The number of allylic oxidation sites excluding steroid dienone is 1. The van der Waals surface area contributed by atoms with Crippen LogP contribution in [0.5, 0.6) is 0 Å². The molecule has 18 heavy (non-hydrogen) atoms. The maximum Gasteiger partial charge on any atom is 0 e. The summed E-state index contributed by atoms with van der Waals surface area (Å²) in [6, 6.07) is 15.3. The number of fused-ring (bicyclic) bond motifs is 1. The van der Waals surface area contributed by atoms with Crippen LogP contribution in [0.25, 0.3) is 11.6 Å². The van der Waals surface area contributed by atoms with E-state index in [0.717, 1.165) is 6.42 Å². The fourth-order valence-electron chi connectivity index (χ4n) is 2.69. The molecule has 0 radical (unpaired) electrons. The topological polar surface area (TPSA) is 0 Å². The SMILES string of the molecule is Cc1cc(C)c2c(c1)CC(c1ccccc1)=C2.[Zr]. The van der Waals surface area contributed by atoms with Gasteiger partial charge < -0.3 is 0 Å². The average molecular weight is 312 g/mol. The molecule has 0 atom stereocenters. The van der Waals surface area contributed by atoms with Gasteiger partial charge in [0.1, 0.15) is 0 Å². The van der Waals surface area contributed by atoms with Gasteiger partial charge in [0.25, 0.3) is 0 Å². The molecule has 1 aliphatic rings. The summed E-state index contributed by atoms with van der Waals surface area (Å²) < 4.78 is 0. The normalized spacial score (nSPS) is 12.7. The van der Waals surface area contributed by atoms with E-state index in [2.05, 4.69) is 62.4 Å². The molecular weight excluding hydrogens is 295 g/mol. The Morgan fingerprint density at radius 3 is 2.39 bits per heavy atom. The van der Waals surface area contributed by atoms with Crippen molar-refractivity contribution in [2.75, 3.05) is 0 Å². The van der Waals surface area contributed by atoms with E-state index in [-0.39, 0.29) is 26.2 Å². The van der Waals surface area contributed by atoms with Crippen LogP contribution < -0.4 is 0 Å². The van der Waals surface area contributed by atoms with Gasteiger partial charge in [0.15, 0.2) is 0 Å². The van der Waals surface area contributed by atoms with Crippen molar-refractivity contribution in [2.45, 2.75) is 20.3 Å². The van der Waals surface area contributed by atoms with Gasteiger partial charge in [0, 0.05) is 26.2 Å². The van der Waals surface area contributed by atoms with Crippen LogP contribution in [0.2, 0.25) is 0 Å².